The summed E-state index contributed by atoms with van der Waals surface area (Å²) in [4.78, 5) is 7.18. The van der Waals surface area contributed by atoms with Gasteiger partial charge in [0.1, 0.15) is 24.8 Å². The van der Waals surface area contributed by atoms with E-state index in [-0.39, 0.29) is 6.61 Å². The minimum Gasteiger partial charge on any atom is -0.489 e. The van der Waals surface area contributed by atoms with Crippen molar-refractivity contribution in [1.29, 1.82) is 0 Å². The van der Waals surface area contributed by atoms with Gasteiger partial charge >= 0.3 is 0 Å². The number of aromatic amines is 1. The summed E-state index contributed by atoms with van der Waals surface area (Å²) in [5.74, 6) is 3.79. The third kappa shape index (κ3) is 3.50. The molecule has 0 saturated carbocycles. The van der Waals surface area contributed by atoms with Gasteiger partial charge in [-0.3, -0.25) is 0 Å². The maximum Gasteiger partial charge on any atom is 0.142 e. The fraction of sp³-hybridized carbons (Fsp3) is 0.214. The van der Waals surface area contributed by atoms with Crippen LogP contribution in [0.1, 0.15) is 0 Å². The van der Waals surface area contributed by atoms with Crippen LogP contribution < -0.4 is 10.5 Å². The second-order valence-electron chi connectivity index (χ2n) is 3.80. The van der Waals surface area contributed by atoms with E-state index in [1.54, 1.807) is 12.4 Å². The van der Waals surface area contributed by atoms with Crippen LogP contribution >= 0.6 is 0 Å². The van der Waals surface area contributed by atoms with Crippen LogP contribution in [0.25, 0.3) is 11.4 Å². The second-order valence-corrected chi connectivity index (χ2v) is 3.80. The second kappa shape index (κ2) is 6.47. The largest absolute Gasteiger partial charge is 0.489 e. The molecule has 1 aromatic carbocycles. The van der Waals surface area contributed by atoms with Gasteiger partial charge in [0.05, 0.1) is 12.3 Å². The van der Waals surface area contributed by atoms with Crippen LogP contribution in [0.5, 0.6) is 5.75 Å². The summed E-state index contributed by atoms with van der Waals surface area (Å²) in [6.45, 7) is 1.13. The average molecular weight is 257 g/mol. The number of terminal acetylenes is 1. The van der Waals surface area contributed by atoms with E-state index in [2.05, 4.69) is 15.9 Å². The van der Waals surface area contributed by atoms with E-state index in [0.717, 1.165) is 11.4 Å². The summed E-state index contributed by atoms with van der Waals surface area (Å²) in [6.07, 6.45) is 8.52. The molecule has 0 unspecified atom stereocenters. The first-order valence-corrected chi connectivity index (χ1v) is 5.84. The SMILES string of the molecule is C#CCOCCOc1ccc(-c2ncc[nH]2)cc1N. The van der Waals surface area contributed by atoms with Gasteiger partial charge in [0.25, 0.3) is 0 Å². The highest BCUT2D eigenvalue weighted by Gasteiger charge is 2.05. The Bertz CT molecular complexity index is 559. The highest BCUT2D eigenvalue weighted by molar-refractivity contribution is 5.66. The molecule has 0 spiro atoms. The summed E-state index contributed by atoms with van der Waals surface area (Å²) >= 11 is 0. The van der Waals surface area contributed by atoms with Gasteiger partial charge in [-0.1, -0.05) is 5.92 Å². The van der Waals surface area contributed by atoms with Crippen molar-refractivity contribution in [2.45, 2.75) is 0 Å². The average Bonchev–Trinajstić information content (AvgIpc) is 2.94. The molecular formula is C14H15N3O2. The molecule has 5 nitrogen and oxygen atoms in total. The fourth-order valence-corrected chi connectivity index (χ4v) is 1.59. The van der Waals surface area contributed by atoms with Crippen molar-refractivity contribution in [3.63, 3.8) is 0 Å². The number of benzene rings is 1. The van der Waals surface area contributed by atoms with Crippen molar-refractivity contribution in [3.05, 3.63) is 30.6 Å². The number of hydrogen-bond acceptors (Lipinski definition) is 4. The number of H-pyrrole nitrogens is 1. The molecule has 5 heteroatoms. The molecule has 98 valence electrons. The smallest absolute Gasteiger partial charge is 0.142 e. The highest BCUT2D eigenvalue weighted by atomic mass is 16.5. The molecule has 0 aliphatic heterocycles. The van der Waals surface area contributed by atoms with Crippen molar-refractivity contribution in [2.75, 3.05) is 25.6 Å². The van der Waals surface area contributed by atoms with E-state index >= 15 is 0 Å². The van der Waals surface area contributed by atoms with Crippen LogP contribution in [0.15, 0.2) is 30.6 Å². The van der Waals surface area contributed by atoms with E-state index in [1.165, 1.54) is 0 Å². The van der Waals surface area contributed by atoms with E-state index in [0.29, 0.717) is 24.7 Å². The number of ether oxygens (including phenoxy) is 2. The number of rotatable bonds is 6. The molecule has 0 radical (unpaired) electrons. The Morgan fingerprint density at radius 2 is 2.26 bits per heavy atom. The minimum absolute atomic E-state index is 0.288. The van der Waals surface area contributed by atoms with Gasteiger partial charge in [-0.05, 0) is 18.2 Å². The zero-order valence-electron chi connectivity index (χ0n) is 10.4. The van der Waals surface area contributed by atoms with E-state index in [4.69, 9.17) is 21.6 Å². The summed E-state index contributed by atoms with van der Waals surface area (Å²) in [6, 6.07) is 5.53. The Labute approximate surface area is 111 Å². The number of nitrogens with two attached hydrogens (primary N) is 1. The van der Waals surface area contributed by atoms with Gasteiger partial charge in [-0.25, -0.2) is 4.98 Å². The predicted molar refractivity (Wildman–Crippen MR) is 73.6 cm³/mol. The lowest BCUT2D eigenvalue weighted by atomic mass is 10.2. The van der Waals surface area contributed by atoms with Crippen LogP contribution in [0.4, 0.5) is 5.69 Å². The van der Waals surface area contributed by atoms with Gasteiger partial charge in [-0.15, -0.1) is 6.42 Å². The molecule has 0 aliphatic rings. The van der Waals surface area contributed by atoms with Crippen molar-refractivity contribution >= 4 is 5.69 Å². The quantitative estimate of drug-likeness (QED) is 0.469. The first-order chi connectivity index (χ1) is 9.31. The molecule has 2 rings (SSSR count). The molecule has 0 amide bonds. The third-order valence-electron chi connectivity index (χ3n) is 2.45. The van der Waals surface area contributed by atoms with E-state index in [9.17, 15) is 0 Å². The molecule has 2 aromatic rings. The van der Waals surface area contributed by atoms with Crippen LogP contribution in [-0.2, 0) is 4.74 Å². The molecule has 0 atom stereocenters. The Kier molecular flexibility index (Phi) is 4.43. The summed E-state index contributed by atoms with van der Waals surface area (Å²) in [5, 5.41) is 0. The summed E-state index contributed by atoms with van der Waals surface area (Å²) in [7, 11) is 0. The Morgan fingerprint density at radius 3 is 2.95 bits per heavy atom. The van der Waals surface area contributed by atoms with Crippen molar-refractivity contribution < 1.29 is 9.47 Å². The topological polar surface area (TPSA) is 73.2 Å². The maximum atomic E-state index is 5.93. The Balaban J connectivity index is 1.94. The summed E-state index contributed by atoms with van der Waals surface area (Å²) in [5.41, 5.74) is 7.40. The number of hydrogen-bond donors (Lipinski definition) is 2. The van der Waals surface area contributed by atoms with Crippen LogP contribution in [0.2, 0.25) is 0 Å². The molecule has 0 saturated heterocycles. The fourth-order valence-electron chi connectivity index (χ4n) is 1.59. The predicted octanol–water partition coefficient (Wildman–Crippen LogP) is 1.69. The zero-order chi connectivity index (χ0) is 13.5. The van der Waals surface area contributed by atoms with E-state index < -0.39 is 0 Å². The maximum absolute atomic E-state index is 5.93. The molecule has 19 heavy (non-hydrogen) atoms. The van der Waals surface area contributed by atoms with Crippen LogP contribution in [0, 0.1) is 12.3 Å². The molecule has 1 aromatic heterocycles. The number of imidazole rings is 1. The number of anilines is 1. The molecule has 0 bridgehead atoms. The Hall–Kier alpha value is -2.45. The number of nitrogens with zero attached hydrogens (tertiary/aromatic N) is 1. The minimum atomic E-state index is 0.288. The highest BCUT2D eigenvalue weighted by Crippen LogP contribution is 2.26. The van der Waals surface area contributed by atoms with Crippen LogP contribution in [-0.4, -0.2) is 29.8 Å². The van der Waals surface area contributed by atoms with E-state index in [1.807, 2.05) is 18.2 Å². The number of aromatic nitrogens is 2. The zero-order valence-corrected chi connectivity index (χ0v) is 10.4. The standard InChI is InChI=1S/C14H15N3O2/c1-2-7-18-8-9-19-13-4-3-11(10-12(13)15)14-16-5-6-17-14/h1,3-6,10H,7-9,15H2,(H,16,17). The van der Waals surface area contributed by atoms with Crippen molar-refractivity contribution in [2.24, 2.45) is 0 Å². The monoisotopic (exact) mass is 257 g/mol. The van der Waals surface area contributed by atoms with Gasteiger partial charge in [0, 0.05) is 18.0 Å². The van der Waals surface area contributed by atoms with Gasteiger partial charge in [0.2, 0.25) is 0 Å². The van der Waals surface area contributed by atoms with Gasteiger partial charge in [0.15, 0.2) is 0 Å². The number of nitrogen functional groups attached to an aromatic ring is 1. The third-order valence-corrected chi connectivity index (χ3v) is 2.45. The van der Waals surface area contributed by atoms with Crippen molar-refractivity contribution in [1.82, 2.24) is 9.97 Å². The van der Waals surface area contributed by atoms with Crippen molar-refractivity contribution in [3.8, 4) is 29.5 Å². The van der Waals surface area contributed by atoms with Crippen LogP contribution in [0.3, 0.4) is 0 Å². The lowest BCUT2D eigenvalue weighted by molar-refractivity contribution is 0.125. The lowest BCUT2D eigenvalue weighted by Gasteiger charge is -2.09. The first kappa shape index (κ1) is 13.0. The van der Waals surface area contributed by atoms with Gasteiger partial charge in [-0.2, -0.15) is 0 Å². The molecule has 0 fully saturated rings. The summed E-state index contributed by atoms with van der Waals surface area (Å²) < 4.78 is 10.6. The number of nitrogens with one attached hydrogen (secondary N) is 1. The molecule has 3 N–H and O–H groups in total. The van der Waals surface area contributed by atoms with Gasteiger partial charge < -0.3 is 20.2 Å². The Morgan fingerprint density at radius 1 is 1.37 bits per heavy atom. The lowest BCUT2D eigenvalue weighted by Crippen LogP contribution is -2.08. The first-order valence-electron chi connectivity index (χ1n) is 5.84. The molecular weight excluding hydrogens is 242 g/mol. The molecule has 1 heterocycles. The molecule has 0 aliphatic carbocycles. The normalized spacial score (nSPS) is 10.1.